The van der Waals surface area contributed by atoms with Crippen LogP contribution in [-0.2, 0) is 4.74 Å². The van der Waals surface area contributed by atoms with E-state index in [0.717, 1.165) is 11.1 Å². The molecule has 1 aromatic heterocycles. The standard InChI is InChI=1S/C23H22N4O4/c1-13(2)17-9-16(24-4)10-18-19(17)30-21(27-18)15-7-5-14(6-8-15)20(28)25-11-23(3)12-26-22(29)31-23/h5-10,13H,11-12H2,1-3H3,(H,25,28)(H,26,29). The number of oxazole rings is 1. The molecule has 8 heteroatoms. The Balaban J connectivity index is 1.53. The number of fused-ring (bicyclic) bond motifs is 1. The number of hydrogen-bond acceptors (Lipinski definition) is 5. The zero-order chi connectivity index (χ0) is 22.2. The van der Waals surface area contributed by atoms with Gasteiger partial charge in [0.1, 0.15) is 5.60 Å². The van der Waals surface area contributed by atoms with Crippen molar-refractivity contribution in [3.8, 4) is 11.5 Å². The zero-order valence-corrected chi connectivity index (χ0v) is 17.5. The number of alkyl carbamates (subject to hydrolysis) is 1. The average molecular weight is 418 g/mol. The molecule has 0 spiro atoms. The van der Waals surface area contributed by atoms with Crippen molar-refractivity contribution in [2.24, 2.45) is 0 Å². The first-order valence-electron chi connectivity index (χ1n) is 9.95. The molecule has 1 aliphatic heterocycles. The van der Waals surface area contributed by atoms with E-state index in [-0.39, 0.29) is 18.4 Å². The smallest absolute Gasteiger partial charge is 0.407 e. The highest BCUT2D eigenvalue weighted by Gasteiger charge is 2.35. The maximum Gasteiger partial charge on any atom is 0.407 e. The summed E-state index contributed by atoms with van der Waals surface area (Å²) in [7, 11) is 0. The van der Waals surface area contributed by atoms with Gasteiger partial charge in [0.2, 0.25) is 5.89 Å². The fourth-order valence-corrected chi connectivity index (χ4v) is 3.45. The minimum Gasteiger partial charge on any atom is -0.439 e. The molecular weight excluding hydrogens is 396 g/mol. The zero-order valence-electron chi connectivity index (χ0n) is 17.5. The molecule has 1 unspecified atom stereocenters. The van der Waals surface area contributed by atoms with Gasteiger partial charge in [-0.3, -0.25) is 4.79 Å². The minimum absolute atomic E-state index is 0.187. The molecular formula is C23H22N4O4. The first-order valence-corrected chi connectivity index (χ1v) is 9.95. The van der Waals surface area contributed by atoms with Gasteiger partial charge >= 0.3 is 6.09 Å². The number of benzene rings is 2. The van der Waals surface area contributed by atoms with Crippen molar-refractivity contribution in [2.75, 3.05) is 13.1 Å². The molecule has 31 heavy (non-hydrogen) atoms. The molecule has 8 nitrogen and oxygen atoms in total. The van der Waals surface area contributed by atoms with Gasteiger partial charge in [0, 0.05) is 11.1 Å². The van der Waals surface area contributed by atoms with Crippen LogP contribution in [0, 0.1) is 6.57 Å². The molecule has 0 radical (unpaired) electrons. The summed E-state index contributed by atoms with van der Waals surface area (Å²) in [5.74, 6) is 0.354. The predicted molar refractivity (Wildman–Crippen MR) is 115 cm³/mol. The van der Waals surface area contributed by atoms with Crippen molar-refractivity contribution in [2.45, 2.75) is 32.3 Å². The first kappa shape index (κ1) is 20.4. The lowest BCUT2D eigenvalue weighted by Crippen LogP contribution is -2.43. The molecule has 2 N–H and O–H groups in total. The molecule has 158 valence electrons. The summed E-state index contributed by atoms with van der Waals surface area (Å²) in [5.41, 5.74) is 3.22. The highest BCUT2D eigenvalue weighted by molar-refractivity contribution is 5.94. The SMILES string of the molecule is [C-]#[N+]c1cc(C(C)C)c2oc(-c3ccc(C(=O)NCC4(C)CNC(=O)O4)cc3)nc2c1. The van der Waals surface area contributed by atoms with Gasteiger partial charge in [-0.1, -0.05) is 13.8 Å². The number of nitrogens with one attached hydrogen (secondary N) is 2. The summed E-state index contributed by atoms with van der Waals surface area (Å²) >= 11 is 0. The van der Waals surface area contributed by atoms with Crippen LogP contribution in [0.5, 0.6) is 0 Å². The third kappa shape index (κ3) is 4.08. The van der Waals surface area contributed by atoms with Crippen LogP contribution in [0.2, 0.25) is 0 Å². The number of aromatic nitrogens is 1. The highest BCUT2D eigenvalue weighted by Crippen LogP contribution is 2.33. The van der Waals surface area contributed by atoms with E-state index in [9.17, 15) is 9.59 Å². The number of rotatable bonds is 5. The number of nitrogens with zero attached hydrogens (tertiary/aromatic N) is 2. The molecule has 1 fully saturated rings. The van der Waals surface area contributed by atoms with Gasteiger partial charge in [0.15, 0.2) is 11.3 Å². The van der Waals surface area contributed by atoms with Gasteiger partial charge in [-0.2, -0.15) is 0 Å². The lowest BCUT2D eigenvalue weighted by molar-refractivity contribution is 0.0653. The number of carbonyl (C=O) groups excluding carboxylic acids is 2. The van der Waals surface area contributed by atoms with Crippen LogP contribution >= 0.6 is 0 Å². The van der Waals surface area contributed by atoms with Gasteiger partial charge in [-0.25, -0.2) is 14.6 Å². The van der Waals surface area contributed by atoms with Crippen LogP contribution in [0.4, 0.5) is 10.5 Å². The first-order chi connectivity index (χ1) is 14.8. The Kier molecular flexibility index (Phi) is 5.11. The number of hydrogen-bond donors (Lipinski definition) is 2. The van der Waals surface area contributed by atoms with E-state index in [4.69, 9.17) is 15.7 Å². The van der Waals surface area contributed by atoms with E-state index in [2.05, 4.69) is 20.5 Å². The van der Waals surface area contributed by atoms with E-state index in [1.165, 1.54) is 0 Å². The van der Waals surface area contributed by atoms with E-state index in [0.29, 0.717) is 34.8 Å². The molecule has 1 saturated heterocycles. The molecule has 4 rings (SSSR count). The monoisotopic (exact) mass is 418 g/mol. The number of amides is 2. The topological polar surface area (TPSA) is 97.8 Å². The van der Waals surface area contributed by atoms with Gasteiger partial charge < -0.3 is 19.8 Å². The van der Waals surface area contributed by atoms with E-state index < -0.39 is 11.7 Å². The molecule has 3 aromatic rings. The summed E-state index contributed by atoms with van der Waals surface area (Å²) in [5, 5.41) is 5.37. The Bertz CT molecular complexity index is 1210. The van der Waals surface area contributed by atoms with Crippen LogP contribution in [0.3, 0.4) is 0 Å². The molecule has 1 atom stereocenters. The molecule has 2 heterocycles. The summed E-state index contributed by atoms with van der Waals surface area (Å²) < 4.78 is 11.2. The Labute approximate surface area is 179 Å². The van der Waals surface area contributed by atoms with E-state index in [1.54, 1.807) is 37.3 Å². The van der Waals surface area contributed by atoms with Crippen LogP contribution < -0.4 is 10.6 Å². The lowest BCUT2D eigenvalue weighted by Gasteiger charge is -2.21. The number of ether oxygens (including phenoxy) is 1. The summed E-state index contributed by atoms with van der Waals surface area (Å²) in [6.45, 7) is 13.7. The number of carbonyl (C=O) groups is 2. The molecule has 0 saturated carbocycles. The van der Waals surface area contributed by atoms with Crippen molar-refractivity contribution in [1.29, 1.82) is 0 Å². The van der Waals surface area contributed by atoms with Crippen molar-refractivity contribution in [1.82, 2.24) is 15.6 Å². The molecule has 0 aliphatic carbocycles. The highest BCUT2D eigenvalue weighted by atomic mass is 16.6. The maximum atomic E-state index is 12.5. The molecule has 2 aromatic carbocycles. The Morgan fingerprint density at radius 1 is 1.32 bits per heavy atom. The second-order valence-corrected chi connectivity index (χ2v) is 8.12. The van der Waals surface area contributed by atoms with Crippen LogP contribution in [0.25, 0.3) is 27.4 Å². The predicted octanol–water partition coefficient (Wildman–Crippen LogP) is 4.40. The van der Waals surface area contributed by atoms with Crippen molar-refractivity contribution in [3.05, 3.63) is 58.9 Å². The lowest BCUT2D eigenvalue weighted by atomic mass is 10.0. The van der Waals surface area contributed by atoms with Crippen molar-refractivity contribution in [3.63, 3.8) is 0 Å². The molecule has 0 bridgehead atoms. The average Bonchev–Trinajstić information content (AvgIpc) is 3.34. The van der Waals surface area contributed by atoms with Crippen molar-refractivity contribution < 1.29 is 18.7 Å². The van der Waals surface area contributed by atoms with Crippen LogP contribution in [0.1, 0.15) is 42.6 Å². The fourth-order valence-electron chi connectivity index (χ4n) is 3.45. The van der Waals surface area contributed by atoms with E-state index in [1.807, 2.05) is 19.9 Å². The van der Waals surface area contributed by atoms with Gasteiger partial charge in [0.05, 0.1) is 25.2 Å². The second kappa shape index (κ2) is 7.76. The second-order valence-electron chi connectivity index (χ2n) is 8.12. The molecule has 2 amide bonds. The Morgan fingerprint density at radius 3 is 2.68 bits per heavy atom. The quantitative estimate of drug-likeness (QED) is 0.599. The summed E-state index contributed by atoms with van der Waals surface area (Å²) in [6.07, 6.45) is -0.483. The fraction of sp³-hybridized carbons (Fsp3) is 0.304. The van der Waals surface area contributed by atoms with E-state index >= 15 is 0 Å². The van der Waals surface area contributed by atoms with Crippen molar-refractivity contribution >= 4 is 28.8 Å². The largest absolute Gasteiger partial charge is 0.439 e. The maximum absolute atomic E-state index is 12.5. The van der Waals surface area contributed by atoms with Gasteiger partial charge in [-0.15, -0.1) is 0 Å². The Hall–Kier alpha value is -3.86. The van der Waals surface area contributed by atoms with Gasteiger partial charge in [-0.05, 0) is 54.8 Å². The third-order valence-electron chi connectivity index (χ3n) is 5.22. The molecule has 1 aliphatic rings. The summed E-state index contributed by atoms with van der Waals surface area (Å²) in [4.78, 5) is 31.8. The van der Waals surface area contributed by atoms with Crippen LogP contribution in [0.15, 0.2) is 40.8 Å². The summed E-state index contributed by atoms with van der Waals surface area (Å²) in [6, 6.07) is 10.5. The minimum atomic E-state index is -0.761. The normalized spacial score (nSPS) is 18.0. The van der Waals surface area contributed by atoms with Crippen LogP contribution in [-0.4, -0.2) is 35.7 Å². The van der Waals surface area contributed by atoms with Gasteiger partial charge in [0.25, 0.3) is 5.91 Å². The number of cyclic esters (lactones) is 1. The Morgan fingerprint density at radius 2 is 2.06 bits per heavy atom. The third-order valence-corrected chi connectivity index (χ3v) is 5.22.